The minimum atomic E-state index is -2.78. The molecule has 3 aromatic rings. The standard InChI is InChI=1S/C28H33BrO5SSi/c1-26(2,3)36(19-12-8-6-9-13-19,20-14-10-7-11-15-20)31-18-21-24-25(34-27(4,5)33-24)28(30,32-21)22-16-17-23(29)35-22/h6-17,21,24-25,30H,18H2,1-5H3/t21-,24-,25-,28-/m1/s1. The maximum Gasteiger partial charge on any atom is 0.261 e. The third-order valence-electron chi connectivity index (χ3n) is 7.02. The molecule has 2 fully saturated rings. The van der Waals surface area contributed by atoms with Crippen LogP contribution in [-0.4, -0.2) is 44.1 Å². The molecule has 5 nitrogen and oxygen atoms in total. The Kier molecular flexibility index (Phi) is 6.88. The van der Waals surface area contributed by atoms with E-state index in [1.807, 2.05) is 38.1 Å². The van der Waals surface area contributed by atoms with Gasteiger partial charge in [0.1, 0.15) is 18.3 Å². The molecule has 0 radical (unpaired) electrons. The van der Waals surface area contributed by atoms with Crippen LogP contribution in [0.2, 0.25) is 5.04 Å². The van der Waals surface area contributed by atoms with Crippen LogP contribution in [-0.2, 0) is 24.4 Å². The van der Waals surface area contributed by atoms with E-state index in [9.17, 15) is 5.11 Å². The summed E-state index contributed by atoms with van der Waals surface area (Å²) in [6.07, 6.45) is -1.64. The first-order valence-electron chi connectivity index (χ1n) is 12.2. The zero-order valence-corrected chi connectivity index (χ0v) is 24.6. The van der Waals surface area contributed by atoms with Crippen molar-refractivity contribution in [3.63, 3.8) is 0 Å². The number of rotatable bonds is 6. The summed E-state index contributed by atoms with van der Waals surface area (Å²) in [5.41, 5.74) is 0. The second kappa shape index (κ2) is 9.43. The Balaban J connectivity index is 1.53. The highest BCUT2D eigenvalue weighted by molar-refractivity contribution is 9.11. The van der Waals surface area contributed by atoms with Gasteiger partial charge in [-0.2, -0.15) is 0 Å². The molecule has 192 valence electrons. The minimum absolute atomic E-state index is 0.172. The molecule has 0 amide bonds. The largest absolute Gasteiger partial charge is 0.405 e. The van der Waals surface area contributed by atoms with Crippen molar-refractivity contribution < 1.29 is 23.7 Å². The van der Waals surface area contributed by atoms with E-state index in [1.54, 1.807) is 0 Å². The van der Waals surface area contributed by atoms with E-state index in [4.69, 9.17) is 18.6 Å². The summed E-state index contributed by atoms with van der Waals surface area (Å²) >= 11 is 4.94. The highest BCUT2D eigenvalue weighted by atomic mass is 79.9. The number of fused-ring (bicyclic) bond motifs is 1. The average molecular weight is 590 g/mol. The molecule has 8 heteroatoms. The summed E-state index contributed by atoms with van der Waals surface area (Å²) in [6.45, 7) is 10.7. The number of thiophene rings is 1. The van der Waals surface area contributed by atoms with E-state index >= 15 is 0 Å². The molecular weight excluding hydrogens is 556 g/mol. The lowest BCUT2D eigenvalue weighted by Crippen LogP contribution is -2.67. The minimum Gasteiger partial charge on any atom is -0.405 e. The Morgan fingerprint density at radius 1 is 0.917 bits per heavy atom. The van der Waals surface area contributed by atoms with Crippen LogP contribution in [0.5, 0.6) is 0 Å². The average Bonchev–Trinajstić information content (AvgIpc) is 3.48. The third-order valence-corrected chi connectivity index (χ3v) is 13.8. The molecule has 4 atom stereocenters. The van der Waals surface area contributed by atoms with Gasteiger partial charge in [0.25, 0.3) is 8.32 Å². The fourth-order valence-corrected chi connectivity index (χ4v) is 11.5. The molecule has 36 heavy (non-hydrogen) atoms. The van der Waals surface area contributed by atoms with Gasteiger partial charge in [-0.05, 0) is 57.3 Å². The van der Waals surface area contributed by atoms with Crippen molar-refractivity contribution >= 4 is 46.0 Å². The SMILES string of the molecule is CC1(C)O[C@H]2[C@@H](O1)[C@@](O)(c1ccc(Br)s1)O[C@@H]2CO[Si](c1ccccc1)(c1ccccc1)C(C)(C)C. The lowest BCUT2D eigenvalue weighted by atomic mass is 10.0. The number of hydrogen-bond acceptors (Lipinski definition) is 6. The van der Waals surface area contributed by atoms with Gasteiger partial charge < -0.3 is 23.7 Å². The van der Waals surface area contributed by atoms with Gasteiger partial charge in [0, 0.05) is 0 Å². The normalized spacial score (nSPS) is 27.8. The number of benzene rings is 2. The van der Waals surface area contributed by atoms with Crippen LogP contribution >= 0.6 is 27.3 Å². The molecule has 2 saturated heterocycles. The van der Waals surface area contributed by atoms with Crippen LogP contribution in [0.4, 0.5) is 0 Å². The van der Waals surface area contributed by atoms with Gasteiger partial charge in [-0.3, -0.25) is 0 Å². The molecule has 2 aromatic carbocycles. The molecule has 0 saturated carbocycles. The van der Waals surface area contributed by atoms with Crippen molar-refractivity contribution in [3.05, 3.63) is 81.5 Å². The van der Waals surface area contributed by atoms with Gasteiger partial charge in [0.2, 0.25) is 5.79 Å². The van der Waals surface area contributed by atoms with Gasteiger partial charge in [-0.1, -0.05) is 81.4 Å². The summed E-state index contributed by atoms with van der Waals surface area (Å²) in [7, 11) is -2.78. The molecule has 0 unspecified atom stereocenters. The lowest BCUT2D eigenvalue weighted by molar-refractivity contribution is -0.281. The predicted octanol–water partition coefficient (Wildman–Crippen LogP) is 5.15. The molecule has 0 spiro atoms. The summed E-state index contributed by atoms with van der Waals surface area (Å²) < 4.78 is 26.9. The maximum absolute atomic E-state index is 11.8. The Bertz CT molecular complexity index is 1160. The highest BCUT2D eigenvalue weighted by Crippen LogP contribution is 2.50. The first-order valence-corrected chi connectivity index (χ1v) is 15.7. The zero-order chi connectivity index (χ0) is 25.8. The van der Waals surface area contributed by atoms with E-state index in [0.717, 1.165) is 3.79 Å². The smallest absolute Gasteiger partial charge is 0.261 e. The second-order valence-corrected chi connectivity index (χ2v) is 17.7. The van der Waals surface area contributed by atoms with E-state index in [2.05, 4.69) is 85.2 Å². The molecule has 1 N–H and O–H groups in total. The van der Waals surface area contributed by atoms with E-state index < -0.39 is 38.2 Å². The fourth-order valence-electron chi connectivity index (χ4n) is 5.53. The Hall–Kier alpha value is -1.36. The maximum atomic E-state index is 11.8. The quantitative estimate of drug-likeness (QED) is 0.403. The van der Waals surface area contributed by atoms with Crippen LogP contribution in [0.3, 0.4) is 0 Å². The predicted molar refractivity (Wildman–Crippen MR) is 148 cm³/mol. The third kappa shape index (κ3) is 4.45. The molecule has 2 aliphatic rings. The van der Waals surface area contributed by atoms with Gasteiger partial charge in [0.05, 0.1) is 15.3 Å². The van der Waals surface area contributed by atoms with Crippen LogP contribution in [0, 0.1) is 0 Å². The van der Waals surface area contributed by atoms with Crippen LogP contribution < -0.4 is 10.4 Å². The first-order chi connectivity index (χ1) is 17.0. The Morgan fingerprint density at radius 3 is 2.00 bits per heavy atom. The van der Waals surface area contributed by atoms with E-state index in [1.165, 1.54) is 21.7 Å². The van der Waals surface area contributed by atoms with Gasteiger partial charge in [-0.25, -0.2) is 0 Å². The molecular formula is C28H33BrO5SSi. The van der Waals surface area contributed by atoms with Crippen LogP contribution in [0.15, 0.2) is 76.6 Å². The summed E-state index contributed by atoms with van der Waals surface area (Å²) in [5, 5.41) is 14.0. The van der Waals surface area contributed by atoms with Gasteiger partial charge in [-0.15, -0.1) is 11.3 Å². The molecule has 0 aliphatic carbocycles. The van der Waals surface area contributed by atoms with Crippen LogP contribution in [0.25, 0.3) is 0 Å². The van der Waals surface area contributed by atoms with Crippen molar-refractivity contribution in [1.29, 1.82) is 0 Å². The van der Waals surface area contributed by atoms with E-state index in [0.29, 0.717) is 4.88 Å². The number of halogens is 1. The van der Waals surface area contributed by atoms with Crippen LogP contribution in [0.1, 0.15) is 39.5 Å². The summed E-state index contributed by atoms with van der Waals surface area (Å²) in [5.74, 6) is -2.45. The van der Waals surface area contributed by atoms with Crippen molar-refractivity contribution in [2.75, 3.05) is 6.61 Å². The molecule has 2 aliphatic heterocycles. The van der Waals surface area contributed by atoms with Crippen molar-refractivity contribution in [2.24, 2.45) is 0 Å². The zero-order valence-electron chi connectivity index (χ0n) is 21.2. The molecule has 1 aromatic heterocycles. The summed E-state index contributed by atoms with van der Waals surface area (Å²) in [6, 6.07) is 24.8. The molecule has 0 bridgehead atoms. The van der Waals surface area contributed by atoms with Crippen molar-refractivity contribution in [1.82, 2.24) is 0 Å². The second-order valence-electron chi connectivity index (χ2n) is 11.0. The monoisotopic (exact) mass is 588 g/mol. The summed E-state index contributed by atoms with van der Waals surface area (Å²) in [4.78, 5) is 0.679. The number of ether oxygens (including phenoxy) is 3. The fraction of sp³-hybridized carbons (Fsp3) is 0.429. The van der Waals surface area contributed by atoms with Crippen molar-refractivity contribution in [2.45, 2.75) is 69.5 Å². The lowest BCUT2D eigenvalue weighted by Gasteiger charge is -2.43. The van der Waals surface area contributed by atoms with E-state index in [-0.39, 0.29) is 11.6 Å². The van der Waals surface area contributed by atoms with Gasteiger partial charge >= 0.3 is 0 Å². The van der Waals surface area contributed by atoms with Crippen molar-refractivity contribution in [3.8, 4) is 0 Å². The first kappa shape index (κ1) is 26.3. The Labute approximate surface area is 226 Å². The Morgan fingerprint density at radius 2 is 1.50 bits per heavy atom. The topological polar surface area (TPSA) is 57.2 Å². The number of hydrogen-bond donors (Lipinski definition) is 1. The molecule has 5 rings (SSSR count). The number of aliphatic hydroxyl groups is 1. The van der Waals surface area contributed by atoms with Gasteiger partial charge in [0.15, 0.2) is 5.79 Å². The molecule has 3 heterocycles. The highest BCUT2D eigenvalue weighted by Gasteiger charge is 2.64.